The van der Waals surface area contributed by atoms with Crippen LogP contribution in [0.1, 0.15) is 23.5 Å². The molecule has 1 aromatic carbocycles. The van der Waals surface area contributed by atoms with Gasteiger partial charge in [-0.15, -0.1) is 11.3 Å². The largest absolute Gasteiger partial charge is 1.00 e. The maximum Gasteiger partial charge on any atom is 1.00 e. The normalized spacial score (nSPS) is 10.0. The molecule has 0 unspecified atom stereocenters. The standard InChI is InChI=1S/C14H14O5S.Na/c1-3-18-9-5-6-10(19-4-2)13-12(9)8(15)7-11(20-13)14(16)17;/h5-7H,3-4H2,1-2H3,(H,16,17);/q;+1/p-1. The summed E-state index contributed by atoms with van der Waals surface area (Å²) < 4.78 is 11.3. The Morgan fingerprint density at radius 1 is 1.19 bits per heavy atom. The zero-order chi connectivity index (χ0) is 14.7. The Hall–Kier alpha value is -1.08. The first-order valence-electron chi connectivity index (χ1n) is 6.16. The molecule has 2 rings (SSSR count). The predicted molar refractivity (Wildman–Crippen MR) is 74.8 cm³/mol. The van der Waals surface area contributed by atoms with Gasteiger partial charge in [0.05, 0.1) is 34.1 Å². The first-order valence-corrected chi connectivity index (χ1v) is 6.97. The first-order chi connectivity index (χ1) is 9.58. The minimum absolute atomic E-state index is 0. The second kappa shape index (κ2) is 7.79. The van der Waals surface area contributed by atoms with Crippen LogP contribution in [0.25, 0.3) is 10.1 Å². The van der Waals surface area contributed by atoms with Crippen molar-refractivity contribution in [1.29, 1.82) is 0 Å². The topological polar surface area (TPSA) is 75.7 Å². The summed E-state index contributed by atoms with van der Waals surface area (Å²) >= 11 is 0.949. The Morgan fingerprint density at radius 3 is 2.33 bits per heavy atom. The van der Waals surface area contributed by atoms with Gasteiger partial charge < -0.3 is 19.4 Å². The van der Waals surface area contributed by atoms with Crippen LogP contribution in [0.2, 0.25) is 0 Å². The van der Waals surface area contributed by atoms with E-state index < -0.39 is 11.4 Å². The van der Waals surface area contributed by atoms with Crippen molar-refractivity contribution < 1.29 is 48.9 Å². The number of ether oxygens (including phenoxy) is 2. The second-order valence-corrected chi connectivity index (χ2v) is 4.95. The third kappa shape index (κ3) is 3.77. The molecular formula is C14H13NaO5S. The van der Waals surface area contributed by atoms with Crippen molar-refractivity contribution in [3.63, 3.8) is 0 Å². The number of fused-ring (bicyclic) bond motifs is 1. The van der Waals surface area contributed by atoms with E-state index in [-0.39, 0.29) is 34.4 Å². The Balaban J connectivity index is 0.00000220. The minimum Gasteiger partial charge on any atom is -0.544 e. The van der Waals surface area contributed by atoms with Crippen molar-refractivity contribution in [1.82, 2.24) is 0 Å². The SMILES string of the molecule is CCOc1ccc(OCC)c2c(=O)cc(C(=O)[O-])sc12.[Na+]. The van der Waals surface area contributed by atoms with Gasteiger partial charge in [0.2, 0.25) is 0 Å². The summed E-state index contributed by atoms with van der Waals surface area (Å²) in [5, 5.41) is 11.3. The number of benzene rings is 1. The summed E-state index contributed by atoms with van der Waals surface area (Å²) in [6, 6.07) is 4.38. The van der Waals surface area contributed by atoms with Crippen LogP contribution >= 0.6 is 11.3 Å². The number of hydrogen-bond donors (Lipinski definition) is 0. The Kier molecular flexibility index (Phi) is 6.67. The molecule has 0 aliphatic carbocycles. The molecule has 2 aromatic rings. The molecule has 1 aromatic heterocycles. The summed E-state index contributed by atoms with van der Waals surface area (Å²) in [5.74, 6) is -0.480. The van der Waals surface area contributed by atoms with Crippen molar-refractivity contribution in [2.45, 2.75) is 13.8 Å². The quantitative estimate of drug-likeness (QED) is 0.623. The third-order valence-corrected chi connectivity index (χ3v) is 3.72. The molecule has 0 fully saturated rings. The summed E-state index contributed by atoms with van der Waals surface area (Å²) in [6.07, 6.45) is 0. The van der Waals surface area contributed by atoms with Crippen LogP contribution in [0.4, 0.5) is 0 Å². The van der Waals surface area contributed by atoms with Crippen molar-refractivity contribution in [3.8, 4) is 11.5 Å². The molecule has 0 amide bonds. The van der Waals surface area contributed by atoms with E-state index in [0.717, 1.165) is 17.4 Å². The van der Waals surface area contributed by atoms with Gasteiger partial charge in [-0.25, -0.2) is 0 Å². The maximum absolute atomic E-state index is 12.1. The summed E-state index contributed by atoms with van der Waals surface area (Å²) in [6.45, 7) is 4.45. The monoisotopic (exact) mass is 316 g/mol. The van der Waals surface area contributed by atoms with Gasteiger partial charge in [0.25, 0.3) is 0 Å². The molecule has 0 aliphatic heterocycles. The molecular weight excluding hydrogens is 303 g/mol. The number of rotatable bonds is 5. The third-order valence-electron chi connectivity index (χ3n) is 2.60. The van der Waals surface area contributed by atoms with E-state index in [1.165, 1.54) is 0 Å². The van der Waals surface area contributed by atoms with Crippen LogP contribution in [0, 0.1) is 0 Å². The first kappa shape index (κ1) is 18.0. The Morgan fingerprint density at radius 2 is 1.76 bits per heavy atom. The van der Waals surface area contributed by atoms with Gasteiger partial charge >= 0.3 is 29.6 Å². The number of carboxylic acid groups (broad SMARTS) is 1. The van der Waals surface area contributed by atoms with E-state index in [1.54, 1.807) is 12.1 Å². The molecule has 0 radical (unpaired) electrons. The van der Waals surface area contributed by atoms with Gasteiger partial charge in [0.15, 0.2) is 5.43 Å². The summed E-state index contributed by atoms with van der Waals surface area (Å²) in [7, 11) is 0. The van der Waals surface area contributed by atoms with Crippen LogP contribution in [0.15, 0.2) is 23.0 Å². The van der Waals surface area contributed by atoms with Crippen molar-refractivity contribution in [3.05, 3.63) is 33.3 Å². The van der Waals surface area contributed by atoms with Crippen LogP contribution in [-0.2, 0) is 0 Å². The van der Waals surface area contributed by atoms with Crippen molar-refractivity contribution in [2.75, 3.05) is 13.2 Å². The zero-order valence-electron chi connectivity index (χ0n) is 12.1. The molecule has 0 spiro atoms. The Bertz CT molecular complexity index is 710. The summed E-state index contributed by atoms with van der Waals surface area (Å²) in [5.41, 5.74) is -0.414. The van der Waals surface area contributed by atoms with Gasteiger partial charge in [-0.05, 0) is 26.0 Å². The van der Waals surface area contributed by atoms with Gasteiger partial charge in [-0.3, -0.25) is 4.79 Å². The summed E-state index contributed by atoms with van der Waals surface area (Å²) in [4.78, 5) is 23.0. The fourth-order valence-electron chi connectivity index (χ4n) is 1.86. The molecule has 0 saturated carbocycles. The van der Waals surface area contributed by atoms with Gasteiger partial charge in [-0.2, -0.15) is 0 Å². The van der Waals surface area contributed by atoms with E-state index in [9.17, 15) is 14.7 Å². The Labute approximate surface area is 147 Å². The van der Waals surface area contributed by atoms with Gasteiger partial charge in [0.1, 0.15) is 11.5 Å². The molecule has 21 heavy (non-hydrogen) atoms. The average molecular weight is 316 g/mol. The fourth-order valence-corrected chi connectivity index (χ4v) is 2.86. The second-order valence-electron chi connectivity index (χ2n) is 3.89. The molecule has 0 saturated heterocycles. The van der Waals surface area contributed by atoms with Gasteiger partial charge in [0, 0.05) is 6.07 Å². The minimum atomic E-state index is -1.38. The fraction of sp³-hybridized carbons (Fsp3) is 0.286. The number of hydrogen-bond acceptors (Lipinski definition) is 6. The molecule has 7 heteroatoms. The van der Waals surface area contributed by atoms with E-state index in [1.807, 2.05) is 13.8 Å². The van der Waals surface area contributed by atoms with Crippen LogP contribution in [-0.4, -0.2) is 19.2 Å². The molecule has 1 heterocycles. The van der Waals surface area contributed by atoms with Gasteiger partial charge in [-0.1, -0.05) is 0 Å². The number of carboxylic acids is 1. The smallest absolute Gasteiger partial charge is 0.544 e. The molecule has 0 N–H and O–H groups in total. The predicted octanol–water partition coefficient (Wildman–Crippen LogP) is -1.57. The molecule has 5 nitrogen and oxygen atoms in total. The van der Waals surface area contributed by atoms with E-state index in [2.05, 4.69) is 0 Å². The molecule has 106 valence electrons. The number of carbonyl (C=O) groups is 1. The van der Waals surface area contributed by atoms with Crippen LogP contribution < -0.4 is 49.6 Å². The number of aromatic carboxylic acids is 1. The van der Waals surface area contributed by atoms with Crippen LogP contribution in [0.3, 0.4) is 0 Å². The van der Waals surface area contributed by atoms with Crippen molar-refractivity contribution in [2.24, 2.45) is 0 Å². The average Bonchev–Trinajstić information content (AvgIpc) is 2.41. The van der Waals surface area contributed by atoms with E-state index >= 15 is 0 Å². The number of carbonyl (C=O) groups excluding carboxylic acids is 1. The van der Waals surface area contributed by atoms with Crippen molar-refractivity contribution >= 4 is 27.4 Å². The van der Waals surface area contributed by atoms with Crippen LogP contribution in [0.5, 0.6) is 11.5 Å². The molecule has 0 bridgehead atoms. The molecule has 0 atom stereocenters. The van der Waals surface area contributed by atoms with E-state index in [0.29, 0.717) is 34.8 Å². The zero-order valence-corrected chi connectivity index (χ0v) is 14.9. The maximum atomic E-state index is 12.1. The molecule has 0 aliphatic rings. The van der Waals surface area contributed by atoms with E-state index in [4.69, 9.17) is 9.47 Å².